The zero-order valence-electron chi connectivity index (χ0n) is 32.3. The van der Waals surface area contributed by atoms with E-state index in [2.05, 4.69) is 182 Å². The fraction of sp³-hybridized carbons (Fsp3) is 0. The van der Waals surface area contributed by atoms with Gasteiger partial charge in [-0.2, -0.15) is 0 Å². The summed E-state index contributed by atoms with van der Waals surface area (Å²) >= 11 is 0. The second kappa shape index (κ2) is 13.8. The largest absolute Gasteiger partial charge is 0.455 e. The Morgan fingerprint density at radius 2 is 0.800 bits per heavy atom. The maximum atomic E-state index is 6.60. The van der Waals surface area contributed by atoms with Crippen molar-refractivity contribution in [3.05, 3.63) is 206 Å². The Labute approximate surface area is 345 Å². The topological polar surface area (TPSA) is 52.1 Å². The van der Waals surface area contributed by atoms with Crippen LogP contribution in [0.1, 0.15) is 0 Å². The van der Waals surface area contributed by atoms with Crippen LogP contribution in [0.2, 0.25) is 0 Å². The minimum absolute atomic E-state index is 0.607. The summed E-state index contributed by atoms with van der Waals surface area (Å²) in [6.45, 7) is 0. The van der Waals surface area contributed by atoms with Crippen molar-refractivity contribution in [2.24, 2.45) is 0 Å². The van der Waals surface area contributed by atoms with Crippen molar-refractivity contribution in [3.63, 3.8) is 0 Å². The molecule has 4 heteroatoms. The molecule has 0 radical (unpaired) electrons. The molecule has 3 aromatic heterocycles. The monoisotopic (exact) mass is 766 g/mol. The summed E-state index contributed by atoms with van der Waals surface area (Å²) in [4.78, 5) is 10.9. The average Bonchev–Trinajstić information content (AvgIpc) is 3.90. The Kier molecular flexibility index (Phi) is 7.82. The Morgan fingerprint density at radius 3 is 1.42 bits per heavy atom. The van der Waals surface area contributed by atoms with Gasteiger partial charge in [0.2, 0.25) is 0 Å². The molecule has 0 saturated heterocycles. The molecule has 0 fully saturated rings. The molecular formula is C56H34N2O2. The van der Waals surface area contributed by atoms with Gasteiger partial charge in [0, 0.05) is 38.2 Å². The lowest BCUT2D eigenvalue weighted by molar-refractivity contribution is 0.669. The lowest BCUT2D eigenvalue weighted by Crippen LogP contribution is -1.98. The van der Waals surface area contributed by atoms with Crippen LogP contribution >= 0.6 is 0 Å². The molecule has 60 heavy (non-hydrogen) atoms. The van der Waals surface area contributed by atoms with Gasteiger partial charge in [0.25, 0.3) is 0 Å². The molecule has 0 unspecified atom stereocenters. The van der Waals surface area contributed by atoms with Gasteiger partial charge < -0.3 is 8.83 Å². The first-order valence-corrected chi connectivity index (χ1v) is 20.2. The lowest BCUT2D eigenvalue weighted by Gasteiger charge is -2.18. The predicted molar refractivity (Wildman–Crippen MR) is 247 cm³/mol. The maximum absolute atomic E-state index is 6.60. The second-order valence-electron chi connectivity index (χ2n) is 15.2. The molecule has 0 saturated carbocycles. The van der Waals surface area contributed by atoms with E-state index in [0.717, 1.165) is 88.6 Å². The molecule has 0 aliphatic carbocycles. The minimum Gasteiger partial charge on any atom is -0.455 e. The molecule has 0 bridgehead atoms. The average molecular weight is 767 g/mol. The van der Waals surface area contributed by atoms with Gasteiger partial charge in [-0.15, -0.1) is 0 Å². The molecule has 12 rings (SSSR count). The highest BCUT2D eigenvalue weighted by molar-refractivity contribution is 6.11. The number of hydrogen-bond donors (Lipinski definition) is 0. The third-order valence-corrected chi connectivity index (χ3v) is 11.7. The predicted octanol–water partition coefficient (Wildman–Crippen LogP) is 15.4. The molecule has 0 N–H and O–H groups in total. The van der Waals surface area contributed by atoms with E-state index in [4.69, 9.17) is 18.8 Å². The highest BCUT2D eigenvalue weighted by Gasteiger charge is 2.22. The first-order chi connectivity index (χ1) is 29.7. The van der Waals surface area contributed by atoms with Gasteiger partial charge in [-0.1, -0.05) is 164 Å². The van der Waals surface area contributed by atoms with Crippen molar-refractivity contribution in [2.45, 2.75) is 0 Å². The van der Waals surface area contributed by atoms with Gasteiger partial charge >= 0.3 is 0 Å². The molecule has 0 atom stereocenters. The van der Waals surface area contributed by atoms with Crippen LogP contribution in [-0.4, -0.2) is 9.97 Å². The number of aromatic nitrogens is 2. The van der Waals surface area contributed by atoms with Gasteiger partial charge in [-0.3, -0.25) is 0 Å². The van der Waals surface area contributed by atoms with Crippen molar-refractivity contribution in [1.29, 1.82) is 0 Å². The first-order valence-electron chi connectivity index (χ1n) is 20.2. The summed E-state index contributed by atoms with van der Waals surface area (Å²) in [5, 5.41) is 6.62. The first kappa shape index (κ1) is 34.0. The van der Waals surface area contributed by atoms with E-state index >= 15 is 0 Å². The van der Waals surface area contributed by atoms with Crippen molar-refractivity contribution in [2.75, 3.05) is 0 Å². The van der Waals surface area contributed by atoms with Gasteiger partial charge in [0.1, 0.15) is 22.3 Å². The number of nitrogens with zero attached hydrogens (tertiary/aromatic N) is 2. The number of furan rings is 2. The van der Waals surface area contributed by atoms with Crippen molar-refractivity contribution in [3.8, 4) is 67.3 Å². The number of benzene rings is 9. The molecule has 0 amide bonds. The number of rotatable bonds is 6. The summed E-state index contributed by atoms with van der Waals surface area (Å²) in [6.07, 6.45) is 0. The van der Waals surface area contributed by atoms with Crippen LogP contribution in [0.15, 0.2) is 215 Å². The molecular weight excluding hydrogens is 733 g/mol. The Hall–Kier alpha value is -8.08. The van der Waals surface area contributed by atoms with Crippen LogP contribution in [0.4, 0.5) is 0 Å². The van der Waals surface area contributed by atoms with Crippen LogP contribution in [0.3, 0.4) is 0 Å². The van der Waals surface area contributed by atoms with Crippen LogP contribution < -0.4 is 0 Å². The summed E-state index contributed by atoms with van der Waals surface area (Å²) in [5.41, 5.74) is 14.3. The van der Waals surface area contributed by atoms with Gasteiger partial charge in [-0.25, -0.2) is 9.97 Å². The zero-order chi connectivity index (χ0) is 39.6. The normalized spacial score (nSPS) is 11.7. The fourth-order valence-corrected chi connectivity index (χ4v) is 8.93. The molecule has 0 aliphatic heterocycles. The summed E-state index contributed by atoms with van der Waals surface area (Å²) in [5.74, 6) is 0.607. The van der Waals surface area contributed by atoms with Crippen LogP contribution in [-0.2, 0) is 0 Å². The van der Waals surface area contributed by atoms with Crippen LogP contribution in [0.5, 0.6) is 0 Å². The zero-order valence-corrected chi connectivity index (χ0v) is 32.3. The molecule has 4 nitrogen and oxygen atoms in total. The highest BCUT2D eigenvalue weighted by atomic mass is 16.3. The Balaban J connectivity index is 1.14. The summed E-state index contributed by atoms with van der Waals surface area (Å²) in [6, 6.07) is 72.1. The van der Waals surface area contributed by atoms with E-state index < -0.39 is 0 Å². The smallest absolute Gasteiger partial charge is 0.161 e. The summed E-state index contributed by atoms with van der Waals surface area (Å²) in [7, 11) is 0. The van der Waals surface area contributed by atoms with E-state index in [1.807, 2.05) is 24.3 Å². The molecule has 9 aromatic carbocycles. The molecule has 3 heterocycles. The van der Waals surface area contributed by atoms with E-state index in [1.165, 1.54) is 27.5 Å². The third-order valence-electron chi connectivity index (χ3n) is 11.7. The number of para-hydroxylation sites is 4. The Morgan fingerprint density at radius 1 is 0.300 bits per heavy atom. The third kappa shape index (κ3) is 5.53. The lowest BCUT2D eigenvalue weighted by atomic mass is 9.87. The Bertz CT molecular complexity index is 3470. The van der Waals surface area contributed by atoms with Crippen molar-refractivity contribution in [1.82, 2.24) is 9.97 Å². The standard InChI is InChI=1S/C56H34N2O2/c1-3-15-35(16-4-1)40-31-29-37-19-7-8-20-39(37)53(40)38-30-32-45(48(33-38)36-17-5-2-6-18-36)56-57-49(46-25-13-23-43-41-21-9-11-27-51(41)59-54(43)46)34-50(58-56)47-26-14-24-44-42-22-10-12-28-52(42)60-55(44)47/h1-34H. The number of fused-ring (bicyclic) bond motifs is 7. The quantitative estimate of drug-likeness (QED) is 0.169. The van der Waals surface area contributed by atoms with E-state index in [0.29, 0.717) is 5.82 Å². The summed E-state index contributed by atoms with van der Waals surface area (Å²) < 4.78 is 13.2. The molecule has 12 aromatic rings. The minimum atomic E-state index is 0.607. The van der Waals surface area contributed by atoms with Gasteiger partial charge in [0.05, 0.1) is 11.4 Å². The van der Waals surface area contributed by atoms with E-state index in [-0.39, 0.29) is 0 Å². The second-order valence-corrected chi connectivity index (χ2v) is 15.2. The van der Waals surface area contributed by atoms with Crippen molar-refractivity contribution < 1.29 is 8.83 Å². The van der Waals surface area contributed by atoms with Gasteiger partial charge in [-0.05, 0) is 86.6 Å². The van der Waals surface area contributed by atoms with Crippen LogP contribution in [0, 0.1) is 0 Å². The fourth-order valence-electron chi connectivity index (χ4n) is 8.93. The van der Waals surface area contributed by atoms with Gasteiger partial charge in [0.15, 0.2) is 5.82 Å². The highest BCUT2D eigenvalue weighted by Crippen LogP contribution is 2.44. The van der Waals surface area contributed by atoms with Crippen molar-refractivity contribution >= 4 is 54.6 Å². The maximum Gasteiger partial charge on any atom is 0.161 e. The SMILES string of the molecule is c1ccc(-c2cc(-c3c(-c4ccccc4)ccc4ccccc34)ccc2-c2nc(-c3cccc4c3oc3ccccc34)cc(-c3cccc4c3oc3ccccc34)n2)cc1. The molecule has 0 spiro atoms. The van der Waals surface area contributed by atoms with E-state index in [9.17, 15) is 0 Å². The van der Waals surface area contributed by atoms with E-state index in [1.54, 1.807) is 0 Å². The molecule has 0 aliphatic rings. The van der Waals surface area contributed by atoms with Crippen LogP contribution in [0.25, 0.3) is 122 Å². The molecule has 280 valence electrons. The number of hydrogen-bond acceptors (Lipinski definition) is 4.